The molecule has 6 heteroatoms. The van der Waals surface area contributed by atoms with E-state index in [-0.39, 0.29) is 11.2 Å². The molecule has 5 nitrogen and oxygen atoms in total. The Labute approximate surface area is 154 Å². The number of amides is 1. The molecule has 0 saturated heterocycles. The Balaban J connectivity index is 0.00000151. The van der Waals surface area contributed by atoms with Crippen LogP contribution in [0.4, 0.5) is 5.69 Å². The van der Waals surface area contributed by atoms with Crippen LogP contribution in [0, 0.1) is 6.92 Å². The lowest BCUT2D eigenvalue weighted by Gasteiger charge is -2.16. The molecule has 2 rings (SSSR count). The third-order valence-electron chi connectivity index (χ3n) is 3.15. The molecule has 0 aliphatic carbocycles. The monoisotopic (exact) mass is 361 g/mol. The molecule has 0 radical (unpaired) electrons. The average Bonchev–Trinajstić information content (AvgIpc) is 2.63. The van der Waals surface area contributed by atoms with Crippen molar-refractivity contribution >= 4 is 23.4 Å². The smallest absolute Gasteiger partial charge is 0.238 e. The Hall–Kier alpha value is -2.08. The van der Waals surface area contributed by atoms with Crippen molar-refractivity contribution in [1.29, 1.82) is 0 Å². The van der Waals surface area contributed by atoms with Gasteiger partial charge in [-0.25, -0.2) is 9.97 Å². The number of rotatable bonds is 7. The molecule has 0 spiro atoms. The first kappa shape index (κ1) is 21.0. The number of carbonyl (C=O) groups is 1. The van der Waals surface area contributed by atoms with Gasteiger partial charge in [-0.2, -0.15) is 0 Å². The summed E-state index contributed by atoms with van der Waals surface area (Å²) < 4.78 is 5.54. The number of nitrogens with zero attached hydrogens (tertiary/aromatic N) is 2. The van der Waals surface area contributed by atoms with E-state index in [9.17, 15) is 4.79 Å². The largest absolute Gasteiger partial charge is 0.492 e. The second-order valence-corrected chi connectivity index (χ2v) is 6.15. The number of para-hydroxylation sites is 2. The van der Waals surface area contributed by atoms with E-state index in [1.807, 2.05) is 65.0 Å². The Kier molecular flexibility index (Phi) is 9.62. The normalized spacial score (nSPS) is 11.1. The number of ether oxygens (including phenoxy) is 1. The Morgan fingerprint density at radius 1 is 1.24 bits per heavy atom. The second kappa shape index (κ2) is 11.5. The number of aryl methyl sites for hydroxylation is 1. The number of nitrogens with one attached hydrogen (secondary N) is 1. The molecular formula is C19H27N3O2S. The second-order valence-electron chi connectivity index (χ2n) is 4.93. The highest BCUT2D eigenvalue weighted by molar-refractivity contribution is 8.00. The first-order chi connectivity index (χ1) is 12.1. The maximum absolute atomic E-state index is 12.6. The van der Waals surface area contributed by atoms with Gasteiger partial charge < -0.3 is 10.1 Å². The molecule has 0 bridgehead atoms. The highest BCUT2D eigenvalue weighted by Gasteiger charge is 2.20. The summed E-state index contributed by atoms with van der Waals surface area (Å²) in [5, 5.41) is 3.53. The van der Waals surface area contributed by atoms with Crippen molar-refractivity contribution in [2.75, 3.05) is 11.9 Å². The van der Waals surface area contributed by atoms with Gasteiger partial charge in [0.1, 0.15) is 17.1 Å². The highest BCUT2D eigenvalue weighted by Crippen LogP contribution is 2.28. The van der Waals surface area contributed by atoms with Crippen molar-refractivity contribution in [2.45, 2.75) is 51.3 Å². The summed E-state index contributed by atoms with van der Waals surface area (Å²) >= 11 is 1.45. The lowest BCUT2D eigenvalue weighted by Crippen LogP contribution is -2.25. The molecule has 1 amide bonds. The highest BCUT2D eigenvalue weighted by atomic mass is 32.2. The lowest BCUT2D eigenvalue weighted by molar-refractivity contribution is -0.115. The van der Waals surface area contributed by atoms with E-state index in [2.05, 4.69) is 15.3 Å². The number of hydrogen-bond donors (Lipinski definition) is 1. The van der Waals surface area contributed by atoms with Crippen LogP contribution < -0.4 is 10.1 Å². The average molecular weight is 362 g/mol. The standard InChI is InChI=1S/C17H21N3O2S.C2H6/c1-4-15(23-16-10-12(3)18-11-19-16)17(21)20-13-8-6-7-9-14(13)22-5-2;1-2/h6-11,15H,4-5H2,1-3H3,(H,20,21);1-2H3. The molecule has 25 heavy (non-hydrogen) atoms. The third-order valence-corrected chi connectivity index (χ3v) is 4.45. The van der Waals surface area contributed by atoms with E-state index in [0.717, 1.165) is 10.7 Å². The summed E-state index contributed by atoms with van der Waals surface area (Å²) in [6, 6.07) is 9.33. The first-order valence-electron chi connectivity index (χ1n) is 8.62. The van der Waals surface area contributed by atoms with Gasteiger partial charge in [0.25, 0.3) is 0 Å². The summed E-state index contributed by atoms with van der Waals surface area (Å²) in [6.45, 7) is 10.4. The van der Waals surface area contributed by atoms with Gasteiger partial charge in [-0.15, -0.1) is 0 Å². The SMILES string of the molecule is CC.CCOc1ccccc1NC(=O)C(CC)Sc1cc(C)ncn1. The molecule has 0 aliphatic rings. The van der Waals surface area contributed by atoms with Crippen LogP contribution in [-0.2, 0) is 4.79 Å². The zero-order valence-corrected chi connectivity index (χ0v) is 16.4. The summed E-state index contributed by atoms with van der Waals surface area (Å²) in [5.41, 5.74) is 1.58. The molecule has 2 aromatic rings. The Morgan fingerprint density at radius 3 is 2.60 bits per heavy atom. The fourth-order valence-electron chi connectivity index (χ4n) is 2.03. The van der Waals surface area contributed by atoms with Gasteiger partial charge in [0.05, 0.1) is 17.5 Å². The molecular weight excluding hydrogens is 334 g/mol. The Morgan fingerprint density at radius 2 is 1.96 bits per heavy atom. The molecule has 136 valence electrons. The fourth-order valence-corrected chi connectivity index (χ4v) is 3.00. The molecule has 1 heterocycles. The summed E-state index contributed by atoms with van der Waals surface area (Å²) in [5.74, 6) is 0.627. The number of hydrogen-bond acceptors (Lipinski definition) is 5. The van der Waals surface area contributed by atoms with Gasteiger partial charge in [0.2, 0.25) is 5.91 Å². The maximum atomic E-state index is 12.6. The van der Waals surface area contributed by atoms with Gasteiger partial charge in [0, 0.05) is 5.69 Å². The van der Waals surface area contributed by atoms with Crippen LogP contribution in [0.25, 0.3) is 0 Å². The number of carbonyl (C=O) groups excluding carboxylic acids is 1. The lowest BCUT2D eigenvalue weighted by atomic mass is 10.2. The van der Waals surface area contributed by atoms with E-state index >= 15 is 0 Å². The minimum Gasteiger partial charge on any atom is -0.492 e. The van der Waals surface area contributed by atoms with Crippen LogP contribution in [0.3, 0.4) is 0 Å². The topological polar surface area (TPSA) is 64.1 Å². The van der Waals surface area contributed by atoms with Crippen molar-refractivity contribution in [1.82, 2.24) is 9.97 Å². The van der Waals surface area contributed by atoms with E-state index in [1.165, 1.54) is 18.1 Å². The summed E-state index contributed by atoms with van der Waals surface area (Å²) in [7, 11) is 0. The van der Waals surface area contributed by atoms with E-state index < -0.39 is 0 Å². The van der Waals surface area contributed by atoms with Gasteiger partial charge in [0.15, 0.2) is 0 Å². The summed E-state index contributed by atoms with van der Waals surface area (Å²) in [4.78, 5) is 20.8. The van der Waals surface area contributed by atoms with Crippen LogP contribution in [-0.4, -0.2) is 27.7 Å². The van der Waals surface area contributed by atoms with Crippen molar-refractivity contribution in [3.8, 4) is 5.75 Å². The molecule has 1 aromatic heterocycles. The zero-order chi connectivity index (χ0) is 18.7. The quantitative estimate of drug-likeness (QED) is 0.571. The van der Waals surface area contributed by atoms with Crippen LogP contribution >= 0.6 is 11.8 Å². The van der Waals surface area contributed by atoms with Gasteiger partial charge in [-0.1, -0.05) is 44.7 Å². The van der Waals surface area contributed by atoms with Gasteiger partial charge >= 0.3 is 0 Å². The number of thioether (sulfide) groups is 1. The number of anilines is 1. The molecule has 1 N–H and O–H groups in total. The third kappa shape index (κ3) is 6.74. The van der Waals surface area contributed by atoms with Crippen molar-refractivity contribution < 1.29 is 9.53 Å². The van der Waals surface area contributed by atoms with Crippen molar-refractivity contribution in [3.63, 3.8) is 0 Å². The van der Waals surface area contributed by atoms with E-state index in [1.54, 1.807) is 0 Å². The van der Waals surface area contributed by atoms with E-state index in [4.69, 9.17) is 4.74 Å². The molecule has 0 aliphatic heterocycles. The number of benzene rings is 1. The predicted octanol–water partition coefficient (Wildman–Crippen LogP) is 4.72. The minimum atomic E-state index is -0.223. The molecule has 1 aromatic carbocycles. The molecule has 1 unspecified atom stereocenters. The predicted molar refractivity (Wildman–Crippen MR) is 104 cm³/mol. The zero-order valence-electron chi connectivity index (χ0n) is 15.6. The minimum absolute atomic E-state index is 0.0547. The van der Waals surface area contributed by atoms with Crippen LogP contribution in [0.5, 0.6) is 5.75 Å². The molecule has 0 saturated carbocycles. The van der Waals surface area contributed by atoms with E-state index in [0.29, 0.717) is 24.5 Å². The fraction of sp³-hybridized carbons (Fsp3) is 0.421. The Bertz CT molecular complexity index is 665. The van der Waals surface area contributed by atoms with Gasteiger partial charge in [-0.05, 0) is 38.5 Å². The maximum Gasteiger partial charge on any atom is 0.238 e. The van der Waals surface area contributed by atoms with Crippen molar-refractivity contribution in [2.24, 2.45) is 0 Å². The van der Waals surface area contributed by atoms with Crippen LogP contribution in [0.1, 0.15) is 39.8 Å². The molecule has 1 atom stereocenters. The first-order valence-corrected chi connectivity index (χ1v) is 9.50. The van der Waals surface area contributed by atoms with Gasteiger partial charge in [-0.3, -0.25) is 4.79 Å². The van der Waals surface area contributed by atoms with Crippen LogP contribution in [0.2, 0.25) is 0 Å². The molecule has 0 fully saturated rings. The van der Waals surface area contributed by atoms with Crippen molar-refractivity contribution in [3.05, 3.63) is 42.4 Å². The number of aromatic nitrogens is 2. The summed E-state index contributed by atoms with van der Waals surface area (Å²) in [6.07, 6.45) is 2.23. The van der Waals surface area contributed by atoms with Crippen LogP contribution in [0.15, 0.2) is 41.7 Å².